The van der Waals surface area contributed by atoms with Gasteiger partial charge >= 0.3 is 0 Å². The summed E-state index contributed by atoms with van der Waals surface area (Å²) in [5.41, 5.74) is 4.90. The van der Waals surface area contributed by atoms with Crippen molar-refractivity contribution in [3.05, 3.63) is 71.9 Å². The van der Waals surface area contributed by atoms with Gasteiger partial charge in [0.15, 0.2) is 0 Å². The average molecular weight is 410 g/mol. The Labute approximate surface area is 183 Å². The second-order valence-corrected chi connectivity index (χ2v) is 8.16. The highest BCUT2D eigenvalue weighted by atomic mass is 16.3. The molecule has 164 valence electrons. The largest absolute Gasteiger partial charge is 0.508 e. The smallest absolute Gasteiger partial charge is 0.116 e. The first-order valence-electron chi connectivity index (χ1n) is 10.9. The molecule has 30 heavy (non-hydrogen) atoms. The SMILES string of the molecule is C=C(C)C(C)=N/C(=C(C)/C=C\C=C/C)c1cccc(O)c1.CCC1(CO)CCCC1. The minimum atomic E-state index is 0.235. The summed E-state index contributed by atoms with van der Waals surface area (Å²) >= 11 is 0. The van der Waals surface area contributed by atoms with Crippen molar-refractivity contribution in [1.82, 2.24) is 0 Å². The number of rotatable bonds is 7. The molecule has 0 unspecified atom stereocenters. The standard InChI is InChI=1S/C19H23NO.C8H16O/c1-6-7-8-10-15(4)19(20-16(5)14(2)3)17-11-9-12-18(21)13-17;1-2-8(7-9)5-3-4-6-8/h6-13,21H,2H2,1,3-5H3;9H,2-7H2,1H3/b7-6-,10-8-,19-15+,20-16?;. The van der Waals surface area contributed by atoms with Crippen molar-refractivity contribution in [3.8, 4) is 5.75 Å². The van der Waals surface area contributed by atoms with Gasteiger partial charge in [0.25, 0.3) is 0 Å². The van der Waals surface area contributed by atoms with Crippen molar-refractivity contribution in [2.24, 2.45) is 10.4 Å². The van der Waals surface area contributed by atoms with Crippen LogP contribution in [-0.2, 0) is 0 Å². The van der Waals surface area contributed by atoms with Gasteiger partial charge in [0.1, 0.15) is 5.75 Å². The fraction of sp³-hybridized carbons (Fsp3) is 0.444. The number of phenolic OH excluding ortho intramolecular Hbond substituents is 1. The normalized spacial score (nSPS) is 17.1. The third kappa shape index (κ3) is 8.16. The zero-order chi connectivity index (χ0) is 22.6. The molecule has 1 aromatic rings. The number of phenols is 1. The molecule has 1 aromatic carbocycles. The minimum absolute atomic E-state index is 0.235. The van der Waals surface area contributed by atoms with E-state index in [4.69, 9.17) is 5.11 Å². The lowest BCUT2D eigenvalue weighted by molar-refractivity contribution is 0.126. The molecule has 3 heteroatoms. The number of hydrogen-bond acceptors (Lipinski definition) is 3. The Morgan fingerprint density at radius 1 is 1.17 bits per heavy atom. The summed E-state index contributed by atoms with van der Waals surface area (Å²) in [7, 11) is 0. The van der Waals surface area contributed by atoms with Gasteiger partial charge in [0.05, 0.1) is 5.70 Å². The highest BCUT2D eigenvalue weighted by molar-refractivity contribution is 6.00. The van der Waals surface area contributed by atoms with Crippen LogP contribution in [0.2, 0.25) is 0 Å². The van der Waals surface area contributed by atoms with Crippen LogP contribution < -0.4 is 0 Å². The van der Waals surface area contributed by atoms with Crippen molar-refractivity contribution >= 4 is 11.4 Å². The van der Waals surface area contributed by atoms with Crippen LogP contribution in [0, 0.1) is 5.41 Å². The summed E-state index contributed by atoms with van der Waals surface area (Å²) in [6.07, 6.45) is 14.2. The highest BCUT2D eigenvalue weighted by Crippen LogP contribution is 2.40. The van der Waals surface area contributed by atoms with E-state index in [0.717, 1.165) is 34.5 Å². The van der Waals surface area contributed by atoms with E-state index in [0.29, 0.717) is 12.0 Å². The molecule has 1 fully saturated rings. The van der Waals surface area contributed by atoms with E-state index in [2.05, 4.69) is 18.5 Å². The van der Waals surface area contributed by atoms with E-state index in [1.54, 1.807) is 12.1 Å². The molecule has 0 aromatic heterocycles. The molecular weight excluding hydrogens is 370 g/mol. The second-order valence-electron chi connectivity index (χ2n) is 8.16. The Morgan fingerprint density at radius 2 is 1.83 bits per heavy atom. The molecule has 1 aliphatic rings. The van der Waals surface area contributed by atoms with Gasteiger partial charge in [0, 0.05) is 17.9 Å². The molecule has 1 saturated carbocycles. The predicted molar refractivity (Wildman–Crippen MR) is 131 cm³/mol. The predicted octanol–water partition coefficient (Wildman–Crippen LogP) is 7.24. The van der Waals surface area contributed by atoms with Crippen molar-refractivity contribution < 1.29 is 10.2 Å². The van der Waals surface area contributed by atoms with Crippen LogP contribution in [0.15, 0.2) is 71.3 Å². The van der Waals surface area contributed by atoms with E-state index in [-0.39, 0.29) is 5.75 Å². The van der Waals surface area contributed by atoms with Gasteiger partial charge < -0.3 is 10.2 Å². The van der Waals surface area contributed by atoms with E-state index in [1.807, 2.05) is 64.1 Å². The number of benzene rings is 1. The molecule has 0 heterocycles. The topological polar surface area (TPSA) is 52.8 Å². The number of aliphatic hydroxyl groups is 1. The Bertz CT molecular complexity index is 800. The van der Waals surface area contributed by atoms with Crippen molar-refractivity contribution in [2.45, 2.75) is 66.7 Å². The van der Waals surface area contributed by atoms with Crippen LogP contribution in [0.4, 0.5) is 0 Å². The van der Waals surface area contributed by atoms with E-state index < -0.39 is 0 Å². The number of nitrogens with zero attached hydrogens (tertiary/aromatic N) is 1. The summed E-state index contributed by atoms with van der Waals surface area (Å²) in [5.74, 6) is 0.235. The molecule has 3 nitrogen and oxygen atoms in total. The molecule has 1 aliphatic carbocycles. The van der Waals surface area contributed by atoms with Crippen LogP contribution in [0.3, 0.4) is 0 Å². The molecule has 0 saturated heterocycles. The molecule has 0 aliphatic heterocycles. The first-order valence-corrected chi connectivity index (χ1v) is 10.9. The number of aromatic hydroxyl groups is 1. The lowest BCUT2D eigenvalue weighted by atomic mass is 9.85. The zero-order valence-corrected chi connectivity index (χ0v) is 19.4. The van der Waals surface area contributed by atoms with Crippen LogP contribution >= 0.6 is 0 Å². The van der Waals surface area contributed by atoms with E-state index in [1.165, 1.54) is 25.7 Å². The molecule has 0 spiro atoms. The van der Waals surface area contributed by atoms with Crippen molar-refractivity contribution in [1.29, 1.82) is 0 Å². The van der Waals surface area contributed by atoms with Gasteiger partial charge in [-0.15, -0.1) is 0 Å². The summed E-state index contributed by atoms with van der Waals surface area (Å²) in [4.78, 5) is 4.68. The third-order valence-corrected chi connectivity index (χ3v) is 5.79. The van der Waals surface area contributed by atoms with Crippen molar-refractivity contribution in [3.63, 3.8) is 0 Å². The van der Waals surface area contributed by atoms with Crippen LogP contribution in [-0.4, -0.2) is 22.5 Å². The fourth-order valence-electron chi connectivity index (χ4n) is 3.44. The third-order valence-electron chi connectivity index (χ3n) is 5.79. The van der Waals surface area contributed by atoms with Crippen LogP contribution in [0.5, 0.6) is 5.75 Å². The van der Waals surface area contributed by atoms with E-state index >= 15 is 0 Å². The molecule has 2 N–H and O–H groups in total. The Morgan fingerprint density at radius 3 is 2.30 bits per heavy atom. The maximum atomic E-state index is 9.68. The molecule has 0 bridgehead atoms. The average Bonchev–Trinajstić information content (AvgIpc) is 3.22. The van der Waals surface area contributed by atoms with Gasteiger partial charge in [-0.05, 0) is 75.7 Å². The monoisotopic (exact) mass is 409 g/mol. The zero-order valence-electron chi connectivity index (χ0n) is 19.4. The van der Waals surface area contributed by atoms with Gasteiger partial charge in [-0.1, -0.05) is 62.8 Å². The number of allylic oxidation sites excluding steroid dienone is 6. The first-order chi connectivity index (χ1) is 14.3. The first kappa shape index (κ1) is 25.6. The number of aliphatic hydroxyl groups excluding tert-OH is 1. The van der Waals surface area contributed by atoms with E-state index in [9.17, 15) is 5.11 Å². The molecule has 0 radical (unpaired) electrons. The Hall–Kier alpha value is -2.39. The summed E-state index contributed by atoms with van der Waals surface area (Å²) in [5, 5.41) is 18.7. The molecule has 2 rings (SSSR count). The number of hydrogen-bond donors (Lipinski definition) is 2. The maximum Gasteiger partial charge on any atom is 0.116 e. The highest BCUT2D eigenvalue weighted by Gasteiger charge is 2.30. The van der Waals surface area contributed by atoms with Gasteiger partial charge in [0.2, 0.25) is 0 Å². The number of aliphatic imine (C=N–C) groups is 1. The summed E-state index contributed by atoms with van der Waals surface area (Å²) < 4.78 is 0. The molecule has 0 atom stereocenters. The van der Waals surface area contributed by atoms with Crippen LogP contribution in [0.25, 0.3) is 5.70 Å². The summed E-state index contributed by atoms with van der Waals surface area (Å²) in [6.45, 7) is 14.4. The Kier molecular flexibility index (Phi) is 11.1. The maximum absolute atomic E-state index is 9.68. The van der Waals surface area contributed by atoms with Crippen molar-refractivity contribution in [2.75, 3.05) is 6.61 Å². The molecule has 0 amide bonds. The Balaban J connectivity index is 0.000000414. The van der Waals surface area contributed by atoms with Gasteiger partial charge in [-0.2, -0.15) is 0 Å². The summed E-state index contributed by atoms with van der Waals surface area (Å²) in [6, 6.07) is 7.13. The minimum Gasteiger partial charge on any atom is -0.508 e. The quantitative estimate of drug-likeness (QED) is 0.368. The second kappa shape index (κ2) is 13.0. The molecular formula is C27H39NO2. The van der Waals surface area contributed by atoms with Gasteiger partial charge in [-0.25, -0.2) is 0 Å². The van der Waals surface area contributed by atoms with Crippen LogP contribution in [0.1, 0.15) is 72.3 Å². The lowest BCUT2D eigenvalue weighted by Crippen LogP contribution is -2.19. The van der Waals surface area contributed by atoms with Gasteiger partial charge in [-0.3, -0.25) is 4.99 Å². The lowest BCUT2D eigenvalue weighted by Gasteiger charge is -2.23. The fourth-order valence-corrected chi connectivity index (χ4v) is 3.44.